The number of carbonyl (C=O) groups is 1. The molecule has 2 atom stereocenters. The molecule has 5 nitrogen and oxygen atoms in total. The molecule has 188 valence electrons. The highest BCUT2D eigenvalue weighted by molar-refractivity contribution is 5.68. The Kier molecular flexibility index (Phi) is 7.64. The molecular formula is C32H31NO4. The van der Waals surface area contributed by atoms with Crippen molar-refractivity contribution in [1.29, 1.82) is 0 Å². The Bertz CT molecular complexity index is 1170. The Balaban J connectivity index is 1.46. The predicted octanol–water partition coefficient (Wildman–Crippen LogP) is 5.77. The number of carbonyl (C=O) groups excluding carboxylic acids is 1. The van der Waals surface area contributed by atoms with Crippen LogP contribution in [0, 0.1) is 0 Å². The van der Waals surface area contributed by atoms with Gasteiger partial charge in [-0.25, -0.2) is 4.79 Å². The van der Waals surface area contributed by atoms with Gasteiger partial charge in [0.1, 0.15) is 12.2 Å². The quantitative estimate of drug-likeness (QED) is 0.317. The van der Waals surface area contributed by atoms with Crippen LogP contribution < -0.4 is 0 Å². The lowest BCUT2D eigenvalue weighted by Crippen LogP contribution is -2.40. The fourth-order valence-electron chi connectivity index (χ4n) is 5.13. The van der Waals surface area contributed by atoms with E-state index in [0.29, 0.717) is 13.0 Å². The van der Waals surface area contributed by atoms with Crippen molar-refractivity contribution in [2.24, 2.45) is 0 Å². The van der Waals surface area contributed by atoms with Crippen molar-refractivity contribution in [3.05, 3.63) is 144 Å². The summed E-state index contributed by atoms with van der Waals surface area (Å²) in [7, 11) is 0. The van der Waals surface area contributed by atoms with Gasteiger partial charge in [0.05, 0.1) is 25.3 Å². The second-order valence-corrected chi connectivity index (χ2v) is 9.28. The van der Waals surface area contributed by atoms with Crippen LogP contribution in [-0.2, 0) is 21.7 Å². The minimum absolute atomic E-state index is 0.157. The predicted molar refractivity (Wildman–Crippen MR) is 143 cm³/mol. The average Bonchev–Trinajstić information content (AvgIpc) is 3.39. The number of ether oxygens (including phenoxy) is 2. The molecule has 1 saturated heterocycles. The molecule has 0 saturated carbocycles. The van der Waals surface area contributed by atoms with E-state index in [1.807, 2.05) is 84.9 Å². The van der Waals surface area contributed by atoms with Gasteiger partial charge in [0, 0.05) is 0 Å². The van der Waals surface area contributed by atoms with Crippen molar-refractivity contribution < 1.29 is 19.4 Å². The Labute approximate surface area is 217 Å². The molecule has 4 aromatic carbocycles. The number of hydrogen-bond donors (Lipinski definition) is 1. The first-order valence-corrected chi connectivity index (χ1v) is 12.6. The number of nitrogens with zero attached hydrogens (tertiary/aromatic N) is 1. The van der Waals surface area contributed by atoms with Crippen LogP contribution in [-0.4, -0.2) is 41.4 Å². The van der Waals surface area contributed by atoms with E-state index in [9.17, 15) is 9.90 Å². The molecule has 0 aromatic heterocycles. The highest BCUT2D eigenvalue weighted by Gasteiger charge is 2.44. The van der Waals surface area contributed by atoms with Crippen molar-refractivity contribution in [1.82, 2.24) is 4.90 Å². The molecule has 1 aliphatic heterocycles. The van der Waals surface area contributed by atoms with Gasteiger partial charge in [-0.2, -0.15) is 0 Å². The van der Waals surface area contributed by atoms with Crippen molar-refractivity contribution in [2.45, 2.75) is 30.8 Å². The van der Waals surface area contributed by atoms with Crippen molar-refractivity contribution in [3.8, 4) is 0 Å². The number of likely N-dealkylation sites (tertiary alicyclic amines) is 1. The first-order chi connectivity index (χ1) is 18.2. The third kappa shape index (κ3) is 5.29. The van der Waals surface area contributed by atoms with E-state index in [0.717, 1.165) is 22.3 Å². The van der Waals surface area contributed by atoms with Crippen molar-refractivity contribution >= 4 is 6.09 Å². The van der Waals surface area contributed by atoms with E-state index in [2.05, 4.69) is 36.4 Å². The molecule has 1 amide bonds. The van der Waals surface area contributed by atoms with E-state index >= 15 is 0 Å². The van der Waals surface area contributed by atoms with Gasteiger partial charge in [0.25, 0.3) is 0 Å². The van der Waals surface area contributed by atoms with Gasteiger partial charge in [-0.05, 0) is 28.7 Å². The highest BCUT2D eigenvalue weighted by atomic mass is 16.6. The lowest BCUT2D eigenvalue weighted by molar-refractivity contribution is -0.0418. The first kappa shape index (κ1) is 24.8. The van der Waals surface area contributed by atoms with Crippen LogP contribution in [0.25, 0.3) is 0 Å². The largest absolute Gasteiger partial charge is 0.445 e. The van der Waals surface area contributed by atoms with Gasteiger partial charge < -0.3 is 19.5 Å². The van der Waals surface area contributed by atoms with Gasteiger partial charge in [-0.15, -0.1) is 0 Å². The summed E-state index contributed by atoms with van der Waals surface area (Å²) in [6.45, 7) is 0.351. The van der Waals surface area contributed by atoms with Gasteiger partial charge >= 0.3 is 6.09 Å². The molecule has 5 heteroatoms. The van der Waals surface area contributed by atoms with Crippen molar-refractivity contribution in [2.75, 3.05) is 13.2 Å². The van der Waals surface area contributed by atoms with Crippen LogP contribution in [0.15, 0.2) is 121 Å². The van der Waals surface area contributed by atoms with Gasteiger partial charge in [-0.3, -0.25) is 0 Å². The number of hydrogen-bond acceptors (Lipinski definition) is 4. The molecule has 1 heterocycles. The minimum Gasteiger partial charge on any atom is -0.445 e. The first-order valence-electron chi connectivity index (χ1n) is 12.6. The molecule has 1 fully saturated rings. The topological polar surface area (TPSA) is 59.0 Å². The molecule has 1 N–H and O–H groups in total. The van der Waals surface area contributed by atoms with Gasteiger partial charge in [0.2, 0.25) is 0 Å². The zero-order valence-electron chi connectivity index (χ0n) is 20.6. The second-order valence-electron chi connectivity index (χ2n) is 9.28. The standard InChI is InChI=1S/C32H31NO4/c34-23-29-21-30(22-33(29)31(35)36-24-25-13-5-1-6-14-25)37-32(26-15-7-2-8-16-26,27-17-9-3-10-18-27)28-19-11-4-12-20-28/h1-20,29-30,34H,21-24H2. The summed E-state index contributed by atoms with van der Waals surface area (Å²) in [5, 5.41) is 10.1. The molecule has 0 spiro atoms. The number of rotatable bonds is 8. The highest BCUT2D eigenvalue weighted by Crippen LogP contribution is 2.43. The van der Waals surface area contributed by atoms with Crippen LogP contribution in [0.2, 0.25) is 0 Å². The summed E-state index contributed by atoms with van der Waals surface area (Å²) in [4.78, 5) is 14.6. The Morgan fingerprint density at radius 3 is 1.68 bits per heavy atom. The van der Waals surface area contributed by atoms with Crippen LogP contribution in [0.5, 0.6) is 0 Å². The number of aliphatic hydroxyl groups is 1. The SMILES string of the molecule is O=C(OCc1ccccc1)N1CC(OC(c2ccccc2)(c2ccccc2)c2ccccc2)CC1CO. The lowest BCUT2D eigenvalue weighted by Gasteiger charge is -2.38. The molecule has 2 unspecified atom stereocenters. The average molecular weight is 494 g/mol. The molecule has 37 heavy (non-hydrogen) atoms. The maximum Gasteiger partial charge on any atom is 0.410 e. The van der Waals surface area contributed by atoms with E-state index < -0.39 is 11.7 Å². The summed E-state index contributed by atoms with van der Waals surface area (Å²) in [6, 6.07) is 39.7. The van der Waals surface area contributed by atoms with Crippen LogP contribution in [0.1, 0.15) is 28.7 Å². The molecular weight excluding hydrogens is 462 g/mol. The number of aliphatic hydroxyl groups excluding tert-OH is 1. The molecule has 5 rings (SSSR count). The fourth-order valence-corrected chi connectivity index (χ4v) is 5.13. The van der Waals surface area contributed by atoms with E-state index in [1.165, 1.54) is 0 Å². The van der Waals surface area contributed by atoms with E-state index in [-0.39, 0.29) is 25.4 Å². The van der Waals surface area contributed by atoms with Gasteiger partial charge in [0.15, 0.2) is 0 Å². The maximum absolute atomic E-state index is 13.0. The smallest absolute Gasteiger partial charge is 0.410 e. The summed E-state index contributed by atoms with van der Waals surface area (Å²) in [6.07, 6.45) is -0.258. The van der Waals surface area contributed by atoms with E-state index in [1.54, 1.807) is 4.90 Å². The molecule has 0 radical (unpaired) electrons. The summed E-state index contributed by atoms with van der Waals surface area (Å²) >= 11 is 0. The number of benzene rings is 4. The third-order valence-corrected chi connectivity index (χ3v) is 6.91. The summed E-state index contributed by atoms with van der Waals surface area (Å²) in [5.41, 5.74) is 3.02. The molecule has 4 aromatic rings. The maximum atomic E-state index is 13.0. The van der Waals surface area contributed by atoms with Crippen LogP contribution in [0.4, 0.5) is 4.79 Å². The molecule has 0 aliphatic carbocycles. The van der Waals surface area contributed by atoms with Crippen molar-refractivity contribution in [3.63, 3.8) is 0 Å². The second kappa shape index (κ2) is 11.4. The Hall–Kier alpha value is -3.93. The van der Waals surface area contributed by atoms with E-state index in [4.69, 9.17) is 9.47 Å². The zero-order chi connectivity index (χ0) is 25.5. The Morgan fingerprint density at radius 1 is 0.757 bits per heavy atom. The number of amides is 1. The molecule has 1 aliphatic rings. The third-order valence-electron chi connectivity index (χ3n) is 6.91. The van der Waals surface area contributed by atoms with Crippen LogP contribution in [0.3, 0.4) is 0 Å². The minimum atomic E-state index is -0.890. The normalized spacial score (nSPS) is 17.5. The monoisotopic (exact) mass is 493 g/mol. The lowest BCUT2D eigenvalue weighted by atomic mass is 9.80. The molecule has 0 bridgehead atoms. The summed E-state index contributed by atoms with van der Waals surface area (Å²) in [5.74, 6) is 0. The summed E-state index contributed by atoms with van der Waals surface area (Å²) < 4.78 is 12.7. The van der Waals surface area contributed by atoms with Crippen LogP contribution >= 0.6 is 0 Å². The fraction of sp³-hybridized carbons (Fsp3) is 0.219. The van der Waals surface area contributed by atoms with Gasteiger partial charge in [-0.1, -0.05) is 121 Å². The zero-order valence-corrected chi connectivity index (χ0v) is 20.6. The Morgan fingerprint density at radius 2 is 1.22 bits per heavy atom.